The number of rotatable bonds is 3. The van der Waals surface area contributed by atoms with Crippen molar-refractivity contribution in [1.29, 1.82) is 0 Å². The van der Waals surface area contributed by atoms with Crippen LogP contribution in [-0.4, -0.2) is 9.97 Å². The van der Waals surface area contributed by atoms with E-state index in [0.717, 1.165) is 0 Å². The molecular formula is C10H9Cl2N5. The third-order valence-electron chi connectivity index (χ3n) is 2.03. The predicted octanol–water partition coefficient (Wildman–Crippen LogP) is 2.81. The number of nitrogens with one attached hydrogen (secondary N) is 2. The number of anilines is 3. The van der Waals surface area contributed by atoms with Crippen LogP contribution in [-0.2, 0) is 0 Å². The zero-order valence-corrected chi connectivity index (χ0v) is 10.1. The van der Waals surface area contributed by atoms with E-state index in [2.05, 4.69) is 20.7 Å². The van der Waals surface area contributed by atoms with Gasteiger partial charge in [0.05, 0.1) is 15.7 Å². The first-order chi connectivity index (χ1) is 8.20. The average molecular weight is 270 g/mol. The molecule has 0 fully saturated rings. The zero-order valence-electron chi connectivity index (χ0n) is 8.61. The number of hydrogen-bond donors (Lipinski definition) is 3. The van der Waals surface area contributed by atoms with E-state index in [1.807, 2.05) is 0 Å². The Balaban J connectivity index is 2.31. The molecule has 0 saturated carbocycles. The highest BCUT2D eigenvalue weighted by Crippen LogP contribution is 2.32. The summed E-state index contributed by atoms with van der Waals surface area (Å²) < 4.78 is 0. The molecule has 0 atom stereocenters. The van der Waals surface area contributed by atoms with Crippen LogP contribution in [0.5, 0.6) is 0 Å². The Hall–Kier alpha value is -1.56. The van der Waals surface area contributed by atoms with E-state index in [-0.39, 0.29) is 0 Å². The summed E-state index contributed by atoms with van der Waals surface area (Å²) >= 11 is 12.0. The van der Waals surface area contributed by atoms with Crippen molar-refractivity contribution in [2.75, 3.05) is 10.7 Å². The summed E-state index contributed by atoms with van der Waals surface area (Å²) in [5.41, 5.74) is 3.02. The Morgan fingerprint density at radius 3 is 2.35 bits per heavy atom. The monoisotopic (exact) mass is 269 g/mol. The van der Waals surface area contributed by atoms with Gasteiger partial charge in [0.25, 0.3) is 0 Å². The Kier molecular flexibility index (Phi) is 3.63. The van der Waals surface area contributed by atoms with Crippen LogP contribution in [0.2, 0.25) is 10.0 Å². The summed E-state index contributed by atoms with van der Waals surface area (Å²) in [6.07, 6.45) is 1.38. The fourth-order valence-electron chi connectivity index (χ4n) is 1.25. The summed E-state index contributed by atoms with van der Waals surface area (Å²) in [6, 6.07) is 6.88. The lowest BCUT2D eigenvalue weighted by Crippen LogP contribution is -2.09. The second-order valence-electron chi connectivity index (χ2n) is 3.15. The third-order valence-corrected chi connectivity index (χ3v) is 2.66. The minimum absolute atomic E-state index is 0.491. The lowest BCUT2D eigenvalue weighted by Gasteiger charge is -2.09. The topological polar surface area (TPSA) is 75.9 Å². The first kappa shape index (κ1) is 11.9. The molecule has 17 heavy (non-hydrogen) atoms. The third kappa shape index (κ3) is 2.76. The highest BCUT2D eigenvalue weighted by molar-refractivity contribution is 6.39. The molecule has 0 aliphatic rings. The number of halogens is 2. The highest BCUT2D eigenvalue weighted by atomic mass is 35.5. The fourth-order valence-corrected chi connectivity index (χ4v) is 1.74. The number of nitrogen functional groups attached to an aromatic ring is 1. The molecule has 5 nitrogen and oxygen atoms in total. The van der Waals surface area contributed by atoms with Crippen LogP contribution in [0.15, 0.2) is 30.6 Å². The van der Waals surface area contributed by atoms with Crippen LogP contribution in [0.25, 0.3) is 0 Å². The molecule has 0 spiro atoms. The minimum atomic E-state index is 0.491. The van der Waals surface area contributed by atoms with E-state index < -0.39 is 0 Å². The van der Waals surface area contributed by atoms with Gasteiger partial charge in [-0.05, 0) is 12.1 Å². The van der Waals surface area contributed by atoms with Gasteiger partial charge in [-0.25, -0.2) is 15.8 Å². The van der Waals surface area contributed by atoms with Crippen molar-refractivity contribution >= 4 is 40.5 Å². The lowest BCUT2D eigenvalue weighted by molar-refractivity contribution is 1.14. The highest BCUT2D eigenvalue weighted by Gasteiger charge is 2.06. The summed E-state index contributed by atoms with van der Waals surface area (Å²) in [6.45, 7) is 0. The maximum atomic E-state index is 6.02. The van der Waals surface area contributed by atoms with Gasteiger partial charge in [0.1, 0.15) is 18.0 Å². The van der Waals surface area contributed by atoms with Gasteiger partial charge in [-0.3, -0.25) is 0 Å². The molecule has 1 aromatic heterocycles. The average Bonchev–Trinajstić information content (AvgIpc) is 2.34. The molecule has 88 valence electrons. The lowest BCUT2D eigenvalue weighted by atomic mass is 10.3. The second-order valence-corrected chi connectivity index (χ2v) is 3.97. The molecule has 1 heterocycles. The Bertz CT molecular complexity index is 512. The van der Waals surface area contributed by atoms with Gasteiger partial charge in [0.15, 0.2) is 0 Å². The standard InChI is InChI=1S/C10H9Cl2N5/c11-6-2-1-3-7(12)10(6)16-8-4-9(17-13)15-5-14-8/h1-5H,13H2,(H2,14,15,16,17). The van der Waals surface area contributed by atoms with Crippen LogP contribution in [0.3, 0.4) is 0 Å². The van der Waals surface area contributed by atoms with Crippen LogP contribution in [0.4, 0.5) is 17.3 Å². The van der Waals surface area contributed by atoms with Crippen molar-refractivity contribution in [3.63, 3.8) is 0 Å². The number of nitrogens with two attached hydrogens (primary N) is 1. The van der Waals surface area contributed by atoms with Crippen molar-refractivity contribution in [1.82, 2.24) is 9.97 Å². The molecule has 0 bridgehead atoms. The molecule has 0 unspecified atom stereocenters. The van der Waals surface area contributed by atoms with Gasteiger partial charge in [0, 0.05) is 6.07 Å². The first-order valence-electron chi connectivity index (χ1n) is 4.70. The molecule has 7 heteroatoms. The van der Waals surface area contributed by atoms with Crippen molar-refractivity contribution < 1.29 is 0 Å². The molecule has 0 aliphatic carbocycles. The molecule has 1 aromatic carbocycles. The number of hydrazine groups is 1. The normalized spacial score (nSPS) is 10.1. The van der Waals surface area contributed by atoms with E-state index in [4.69, 9.17) is 29.0 Å². The molecule has 4 N–H and O–H groups in total. The molecule has 0 radical (unpaired) electrons. The molecule has 0 amide bonds. The van der Waals surface area contributed by atoms with E-state index in [1.165, 1.54) is 6.33 Å². The van der Waals surface area contributed by atoms with Gasteiger partial charge < -0.3 is 10.7 Å². The van der Waals surface area contributed by atoms with Crippen LogP contribution < -0.4 is 16.6 Å². The summed E-state index contributed by atoms with van der Waals surface area (Å²) in [5, 5.41) is 4.03. The van der Waals surface area contributed by atoms with Gasteiger partial charge in [-0.15, -0.1) is 0 Å². The van der Waals surface area contributed by atoms with E-state index in [1.54, 1.807) is 24.3 Å². The van der Waals surface area contributed by atoms with Crippen molar-refractivity contribution in [2.24, 2.45) is 5.84 Å². The van der Waals surface area contributed by atoms with E-state index in [0.29, 0.717) is 27.4 Å². The zero-order chi connectivity index (χ0) is 12.3. The number of benzene rings is 1. The Labute approximate surface area is 108 Å². The van der Waals surface area contributed by atoms with Crippen molar-refractivity contribution in [3.05, 3.63) is 40.6 Å². The summed E-state index contributed by atoms with van der Waals surface area (Å²) in [7, 11) is 0. The number of aromatic nitrogens is 2. The second kappa shape index (κ2) is 5.18. The van der Waals surface area contributed by atoms with E-state index >= 15 is 0 Å². The number of hydrogen-bond acceptors (Lipinski definition) is 5. The SMILES string of the molecule is NNc1cc(Nc2c(Cl)cccc2Cl)ncn1. The molecule has 0 aliphatic heterocycles. The molecule has 2 rings (SSSR count). The van der Waals surface area contributed by atoms with Gasteiger partial charge >= 0.3 is 0 Å². The van der Waals surface area contributed by atoms with E-state index in [9.17, 15) is 0 Å². The van der Waals surface area contributed by atoms with Crippen LogP contribution in [0.1, 0.15) is 0 Å². The smallest absolute Gasteiger partial charge is 0.145 e. The Morgan fingerprint density at radius 1 is 1.06 bits per heavy atom. The number of para-hydroxylation sites is 1. The van der Waals surface area contributed by atoms with Gasteiger partial charge in [0.2, 0.25) is 0 Å². The number of nitrogens with zero attached hydrogens (tertiary/aromatic N) is 2. The largest absolute Gasteiger partial charge is 0.338 e. The summed E-state index contributed by atoms with van der Waals surface area (Å²) in [4.78, 5) is 7.92. The van der Waals surface area contributed by atoms with Crippen LogP contribution in [0, 0.1) is 0 Å². The maximum Gasteiger partial charge on any atom is 0.145 e. The minimum Gasteiger partial charge on any atom is -0.338 e. The fraction of sp³-hybridized carbons (Fsp3) is 0. The predicted molar refractivity (Wildman–Crippen MR) is 69.6 cm³/mol. The van der Waals surface area contributed by atoms with Crippen molar-refractivity contribution in [2.45, 2.75) is 0 Å². The van der Waals surface area contributed by atoms with Gasteiger partial charge in [-0.1, -0.05) is 29.3 Å². The maximum absolute atomic E-state index is 6.02. The molecule has 0 saturated heterocycles. The van der Waals surface area contributed by atoms with Crippen LogP contribution >= 0.6 is 23.2 Å². The first-order valence-corrected chi connectivity index (χ1v) is 5.46. The molecular weight excluding hydrogens is 261 g/mol. The molecule has 2 aromatic rings. The Morgan fingerprint density at radius 2 is 1.71 bits per heavy atom. The van der Waals surface area contributed by atoms with Gasteiger partial charge in [-0.2, -0.15) is 0 Å². The summed E-state index contributed by atoms with van der Waals surface area (Å²) in [5.74, 6) is 6.29. The quantitative estimate of drug-likeness (QED) is 0.590. The van der Waals surface area contributed by atoms with Crippen molar-refractivity contribution in [3.8, 4) is 0 Å².